The van der Waals surface area contributed by atoms with Crippen molar-refractivity contribution in [1.82, 2.24) is 0 Å². The van der Waals surface area contributed by atoms with Crippen LogP contribution in [-0.2, 0) is 5.75 Å². The second kappa shape index (κ2) is 5.89. The lowest BCUT2D eigenvalue weighted by atomic mass is 10.2. The Morgan fingerprint density at radius 3 is 2.47 bits per heavy atom. The normalized spacial score (nSPS) is 10.5. The topological polar surface area (TPSA) is 0 Å². The third-order valence-corrected chi connectivity index (χ3v) is 4.13. The number of halogens is 3. The lowest BCUT2D eigenvalue weighted by Gasteiger charge is -2.05. The van der Waals surface area contributed by atoms with Gasteiger partial charge in [-0.15, -0.1) is 11.8 Å². The molecule has 2 aromatic rings. The Hall–Kier alpha value is -0.510. The number of benzene rings is 2. The summed E-state index contributed by atoms with van der Waals surface area (Å²) in [5.41, 5.74) is 1.07. The highest BCUT2D eigenvalue weighted by atomic mass is 79.9. The van der Waals surface area contributed by atoms with Gasteiger partial charge in [0.25, 0.3) is 0 Å². The maximum absolute atomic E-state index is 12.7. The van der Waals surface area contributed by atoms with E-state index in [9.17, 15) is 4.39 Å². The highest BCUT2D eigenvalue weighted by molar-refractivity contribution is 9.10. The zero-order chi connectivity index (χ0) is 12.3. The van der Waals surface area contributed by atoms with Crippen molar-refractivity contribution < 1.29 is 4.39 Å². The largest absolute Gasteiger partial charge is 0.207 e. The van der Waals surface area contributed by atoms with Crippen LogP contribution in [-0.4, -0.2) is 0 Å². The van der Waals surface area contributed by atoms with Crippen molar-refractivity contribution in [2.75, 3.05) is 0 Å². The Morgan fingerprint density at radius 2 is 1.82 bits per heavy atom. The minimum absolute atomic E-state index is 0.212. The first-order chi connectivity index (χ1) is 8.15. The average molecular weight is 332 g/mol. The molecule has 0 aromatic heterocycles. The van der Waals surface area contributed by atoms with Gasteiger partial charge < -0.3 is 0 Å². The number of rotatable bonds is 3. The molecule has 0 unspecified atom stereocenters. The molecule has 0 aliphatic carbocycles. The molecule has 0 saturated carbocycles. The van der Waals surface area contributed by atoms with Gasteiger partial charge in [-0.1, -0.05) is 33.6 Å². The second-order valence-corrected chi connectivity index (χ2v) is 5.85. The van der Waals surface area contributed by atoms with Crippen molar-refractivity contribution in [3.05, 3.63) is 63.3 Å². The minimum Gasteiger partial charge on any atom is -0.207 e. The summed E-state index contributed by atoms with van der Waals surface area (Å²) in [4.78, 5) is 1.03. The smallest absolute Gasteiger partial charge is 0.123 e. The van der Waals surface area contributed by atoms with Crippen LogP contribution in [0.5, 0.6) is 0 Å². The summed E-state index contributed by atoms with van der Waals surface area (Å²) < 4.78 is 13.7. The third-order valence-electron chi connectivity index (χ3n) is 2.22. The molecule has 0 atom stereocenters. The van der Waals surface area contributed by atoms with E-state index >= 15 is 0 Å². The van der Waals surface area contributed by atoms with E-state index in [1.165, 1.54) is 12.1 Å². The van der Waals surface area contributed by atoms with Crippen LogP contribution in [0.4, 0.5) is 4.39 Å². The fourth-order valence-electron chi connectivity index (χ4n) is 1.33. The summed E-state index contributed by atoms with van der Waals surface area (Å²) in [6.45, 7) is 0. The summed E-state index contributed by atoms with van der Waals surface area (Å²) in [7, 11) is 0. The molecule has 0 fully saturated rings. The second-order valence-electron chi connectivity index (χ2n) is 3.48. The quantitative estimate of drug-likeness (QED) is 0.666. The first-order valence-corrected chi connectivity index (χ1v) is 7.13. The summed E-state index contributed by atoms with van der Waals surface area (Å²) in [5, 5.41) is 0.744. The highest BCUT2D eigenvalue weighted by Crippen LogP contribution is 2.28. The number of hydrogen-bond donors (Lipinski definition) is 0. The van der Waals surface area contributed by atoms with Crippen LogP contribution < -0.4 is 0 Å². The molecule has 0 N–H and O–H groups in total. The summed E-state index contributed by atoms with van der Waals surface area (Å²) in [6, 6.07) is 12.3. The molecule has 0 saturated heterocycles. The molecule has 0 aliphatic rings. The van der Waals surface area contributed by atoms with Gasteiger partial charge in [-0.05, 0) is 42.0 Å². The zero-order valence-corrected chi connectivity index (χ0v) is 11.9. The SMILES string of the molecule is Fc1ccc(SCc2ccc(Br)cc2Cl)cc1. The van der Waals surface area contributed by atoms with Gasteiger partial charge in [0, 0.05) is 20.1 Å². The van der Waals surface area contributed by atoms with E-state index in [0.29, 0.717) is 0 Å². The Morgan fingerprint density at radius 1 is 1.12 bits per heavy atom. The van der Waals surface area contributed by atoms with Gasteiger partial charge in [-0.25, -0.2) is 4.39 Å². The maximum Gasteiger partial charge on any atom is 0.123 e. The van der Waals surface area contributed by atoms with E-state index in [0.717, 1.165) is 25.7 Å². The van der Waals surface area contributed by atoms with Gasteiger partial charge in [0.05, 0.1) is 0 Å². The summed E-state index contributed by atoms with van der Waals surface area (Å²) in [5.74, 6) is 0.564. The Kier molecular flexibility index (Phi) is 4.48. The van der Waals surface area contributed by atoms with Crippen LogP contribution in [0, 0.1) is 5.82 Å². The lowest BCUT2D eigenvalue weighted by molar-refractivity contribution is 0.626. The molecular formula is C13H9BrClFS. The Balaban J connectivity index is 2.04. The molecular weight excluding hydrogens is 323 g/mol. The Labute approximate surface area is 117 Å². The fraction of sp³-hybridized carbons (Fsp3) is 0.0769. The molecule has 88 valence electrons. The van der Waals surface area contributed by atoms with Crippen LogP contribution in [0.25, 0.3) is 0 Å². The first kappa shape index (κ1) is 12.9. The Bertz CT molecular complexity index is 513. The summed E-state index contributed by atoms with van der Waals surface area (Å²) in [6.07, 6.45) is 0. The molecule has 0 aliphatic heterocycles. The van der Waals surface area contributed by atoms with E-state index in [2.05, 4.69) is 15.9 Å². The van der Waals surface area contributed by atoms with Gasteiger partial charge in [-0.2, -0.15) is 0 Å². The lowest BCUT2D eigenvalue weighted by Crippen LogP contribution is -1.83. The predicted molar refractivity (Wildman–Crippen MR) is 75.1 cm³/mol. The van der Waals surface area contributed by atoms with E-state index in [1.807, 2.05) is 18.2 Å². The van der Waals surface area contributed by atoms with Crippen molar-refractivity contribution in [3.63, 3.8) is 0 Å². The van der Waals surface area contributed by atoms with Crippen molar-refractivity contribution in [2.24, 2.45) is 0 Å². The van der Waals surface area contributed by atoms with Crippen molar-refractivity contribution >= 4 is 39.3 Å². The van der Waals surface area contributed by atoms with Crippen molar-refractivity contribution in [2.45, 2.75) is 10.6 Å². The molecule has 17 heavy (non-hydrogen) atoms. The molecule has 0 amide bonds. The third kappa shape index (κ3) is 3.73. The zero-order valence-electron chi connectivity index (χ0n) is 8.79. The van der Waals surface area contributed by atoms with Crippen LogP contribution in [0.2, 0.25) is 5.02 Å². The van der Waals surface area contributed by atoms with Gasteiger partial charge in [0.1, 0.15) is 5.82 Å². The average Bonchev–Trinajstić information content (AvgIpc) is 2.30. The molecule has 4 heteroatoms. The molecule has 0 bridgehead atoms. The van der Waals surface area contributed by atoms with Crippen LogP contribution in [0.1, 0.15) is 5.56 Å². The maximum atomic E-state index is 12.7. The van der Waals surface area contributed by atoms with Crippen LogP contribution in [0.15, 0.2) is 51.8 Å². The molecule has 0 radical (unpaired) electrons. The summed E-state index contributed by atoms with van der Waals surface area (Å²) >= 11 is 11.1. The standard InChI is InChI=1S/C13H9BrClFS/c14-10-2-1-9(13(15)7-10)8-17-12-5-3-11(16)4-6-12/h1-7H,8H2. The van der Waals surface area contributed by atoms with Crippen molar-refractivity contribution in [1.29, 1.82) is 0 Å². The minimum atomic E-state index is -0.212. The monoisotopic (exact) mass is 330 g/mol. The first-order valence-electron chi connectivity index (χ1n) is 4.97. The molecule has 2 aromatic carbocycles. The van der Waals surface area contributed by atoms with Gasteiger partial charge in [0.2, 0.25) is 0 Å². The van der Waals surface area contributed by atoms with Gasteiger partial charge in [0.15, 0.2) is 0 Å². The van der Waals surface area contributed by atoms with E-state index in [-0.39, 0.29) is 5.82 Å². The molecule has 0 nitrogen and oxygen atoms in total. The van der Waals surface area contributed by atoms with Crippen LogP contribution in [0.3, 0.4) is 0 Å². The van der Waals surface area contributed by atoms with Gasteiger partial charge >= 0.3 is 0 Å². The van der Waals surface area contributed by atoms with Crippen molar-refractivity contribution in [3.8, 4) is 0 Å². The number of thioether (sulfide) groups is 1. The predicted octanol–water partition coefficient (Wildman–Crippen LogP) is 5.53. The molecule has 0 heterocycles. The molecule has 0 spiro atoms. The molecule has 2 rings (SSSR count). The van der Waals surface area contributed by atoms with E-state index < -0.39 is 0 Å². The van der Waals surface area contributed by atoms with E-state index in [4.69, 9.17) is 11.6 Å². The van der Waals surface area contributed by atoms with Crippen LogP contribution >= 0.6 is 39.3 Å². The fourth-order valence-corrected chi connectivity index (χ4v) is 3.05. The number of hydrogen-bond acceptors (Lipinski definition) is 1. The van der Waals surface area contributed by atoms with Gasteiger partial charge in [-0.3, -0.25) is 0 Å². The van der Waals surface area contributed by atoms with E-state index in [1.54, 1.807) is 23.9 Å². The highest BCUT2D eigenvalue weighted by Gasteiger charge is 2.02.